The normalized spacial score (nSPS) is 11.0. The molecule has 0 atom stereocenters. The molecule has 4 aromatic carbocycles. The van der Waals surface area contributed by atoms with Crippen molar-refractivity contribution >= 4 is 29.2 Å². The van der Waals surface area contributed by atoms with Crippen molar-refractivity contribution in [2.24, 2.45) is 0 Å². The standard InChI is InChI=1S/C45H54N4O9/c1-6-8-10-12-25-56-40-29-38(44(53)48-47-43(52)31-17-19-33(20-18-31)45(3,4)5)41(57-26-13-11-9-7-2)28-37(40)39(50)30-46-42(51)32-15-14-16-36(27-32)58-35-23-21-34(22-24-35)49(54)55/h14-24,27-29H,6-13,25-26,30H2,1-5H3,(H,46,51)(H,47,52)(H,48,53). The van der Waals surface area contributed by atoms with Crippen LogP contribution in [0, 0.1) is 10.1 Å². The minimum Gasteiger partial charge on any atom is -0.493 e. The highest BCUT2D eigenvalue weighted by Gasteiger charge is 2.23. The van der Waals surface area contributed by atoms with Crippen LogP contribution in [0.15, 0.2) is 84.9 Å². The lowest BCUT2D eigenvalue weighted by Crippen LogP contribution is -2.41. The van der Waals surface area contributed by atoms with Crippen molar-refractivity contribution in [3.63, 3.8) is 0 Å². The average Bonchev–Trinajstić information content (AvgIpc) is 3.21. The van der Waals surface area contributed by atoms with Crippen molar-refractivity contribution < 1.29 is 38.3 Å². The largest absolute Gasteiger partial charge is 0.493 e. The first-order valence-corrected chi connectivity index (χ1v) is 19.8. The van der Waals surface area contributed by atoms with Crippen LogP contribution in [0.1, 0.15) is 133 Å². The maximum absolute atomic E-state index is 13.8. The van der Waals surface area contributed by atoms with E-state index < -0.39 is 35.0 Å². The molecule has 3 amide bonds. The Labute approximate surface area is 340 Å². The van der Waals surface area contributed by atoms with Crippen LogP contribution in [-0.4, -0.2) is 48.2 Å². The number of nitrogens with zero attached hydrogens (tertiary/aromatic N) is 1. The molecule has 0 aliphatic carbocycles. The molecule has 0 aliphatic rings. The van der Waals surface area contributed by atoms with Gasteiger partial charge in [-0.3, -0.25) is 40.1 Å². The van der Waals surface area contributed by atoms with Gasteiger partial charge in [-0.1, -0.05) is 91.3 Å². The van der Waals surface area contributed by atoms with Gasteiger partial charge in [0, 0.05) is 23.3 Å². The van der Waals surface area contributed by atoms with E-state index in [1.807, 2.05) is 12.1 Å². The molecule has 0 aromatic heterocycles. The second-order valence-electron chi connectivity index (χ2n) is 14.9. The van der Waals surface area contributed by atoms with E-state index in [9.17, 15) is 29.3 Å². The number of unbranched alkanes of at least 4 members (excludes halogenated alkanes) is 6. The Balaban J connectivity index is 1.54. The first kappa shape index (κ1) is 44.5. The number of ketones is 1. The highest BCUT2D eigenvalue weighted by atomic mass is 16.6. The summed E-state index contributed by atoms with van der Waals surface area (Å²) in [5, 5.41) is 13.7. The predicted molar refractivity (Wildman–Crippen MR) is 222 cm³/mol. The Morgan fingerprint density at radius 3 is 1.81 bits per heavy atom. The zero-order chi connectivity index (χ0) is 42.1. The van der Waals surface area contributed by atoms with E-state index in [1.165, 1.54) is 42.5 Å². The number of ether oxygens (including phenoxy) is 3. The average molecular weight is 795 g/mol. The van der Waals surface area contributed by atoms with Gasteiger partial charge in [-0.15, -0.1) is 0 Å². The maximum Gasteiger partial charge on any atom is 0.273 e. The maximum atomic E-state index is 13.8. The summed E-state index contributed by atoms with van der Waals surface area (Å²) in [6.45, 7) is 10.6. The van der Waals surface area contributed by atoms with E-state index in [0.29, 0.717) is 17.1 Å². The van der Waals surface area contributed by atoms with Gasteiger partial charge >= 0.3 is 0 Å². The number of hydrogen-bond donors (Lipinski definition) is 3. The molecule has 4 rings (SSSR count). The summed E-state index contributed by atoms with van der Waals surface area (Å²) in [6, 6.07) is 21.9. The van der Waals surface area contributed by atoms with Crippen LogP contribution in [0.4, 0.5) is 5.69 Å². The van der Waals surface area contributed by atoms with E-state index in [2.05, 4.69) is 50.8 Å². The van der Waals surface area contributed by atoms with Crippen molar-refractivity contribution in [1.82, 2.24) is 16.2 Å². The summed E-state index contributed by atoms with van der Waals surface area (Å²) in [4.78, 5) is 64.3. The van der Waals surface area contributed by atoms with Crippen molar-refractivity contribution in [2.45, 2.75) is 91.4 Å². The molecule has 13 heteroatoms. The summed E-state index contributed by atoms with van der Waals surface area (Å²) in [6.07, 6.45) is 7.35. The fraction of sp³-hybridized carbons (Fsp3) is 0.378. The third-order valence-electron chi connectivity index (χ3n) is 9.23. The highest BCUT2D eigenvalue weighted by Crippen LogP contribution is 2.31. The first-order valence-electron chi connectivity index (χ1n) is 19.8. The van der Waals surface area contributed by atoms with Crippen molar-refractivity contribution in [3.8, 4) is 23.0 Å². The Morgan fingerprint density at radius 1 is 0.638 bits per heavy atom. The van der Waals surface area contributed by atoms with Gasteiger partial charge in [0.2, 0.25) is 0 Å². The number of hydrogen-bond acceptors (Lipinski definition) is 9. The van der Waals surface area contributed by atoms with Crippen LogP contribution in [0.3, 0.4) is 0 Å². The molecule has 4 aromatic rings. The molecular formula is C45H54N4O9. The van der Waals surface area contributed by atoms with Gasteiger partial charge in [0.25, 0.3) is 23.4 Å². The zero-order valence-corrected chi connectivity index (χ0v) is 34.0. The highest BCUT2D eigenvalue weighted by molar-refractivity contribution is 6.06. The minimum atomic E-state index is -0.665. The number of amides is 3. The lowest BCUT2D eigenvalue weighted by molar-refractivity contribution is -0.384. The van der Waals surface area contributed by atoms with Crippen molar-refractivity contribution in [1.29, 1.82) is 0 Å². The monoisotopic (exact) mass is 794 g/mol. The molecule has 0 saturated heterocycles. The van der Waals surface area contributed by atoms with Crippen LogP contribution in [0.5, 0.6) is 23.0 Å². The molecule has 3 N–H and O–H groups in total. The molecule has 0 aliphatic heterocycles. The molecular weight excluding hydrogens is 741 g/mol. The number of non-ortho nitro benzene ring substituents is 1. The van der Waals surface area contributed by atoms with Gasteiger partial charge in [-0.2, -0.15) is 0 Å². The molecule has 13 nitrogen and oxygen atoms in total. The second kappa shape index (κ2) is 21.9. The lowest BCUT2D eigenvalue weighted by Gasteiger charge is -2.19. The van der Waals surface area contributed by atoms with Crippen molar-refractivity contribution in [3.05, 3.63) is 123 Å². The smallest absolute Gasteiger partial charge is 0.273 e. The fourth-order valence-electron chi connectivity index (χ4n) is 5.82. The zero-order valence-electron chi connectivity index (χ0n) is 34.0. The van der Waals surface area contributed by atoms with E-state index in [1.54, 1.807) is 30.3 Å². The number of carbonyl (C=O) groups is 4. The van der Waals surface area contributed by atoms with Gasteiger partial charge in [-0.05, 0) is 78.4 Å². The fourth-order valence-corrected chi connectivity index (χ4v) is 5.82. The molecule has 308 valence electrons. The number of rotatable bonds is 21. The van der Waals surface area contributed by atoms with Crippen molar-refractivity contribution in [2.75, 3.05) is 19.8 Å². The molecule has 0 saturated carbocycles. The van der Waals surface area contributed by atoms with Crippen LogP contribution in [-0.2, 0) is 5.41 Å². The van der Waals surface area contributed by atoms with E-state index in [0.717, 1.165) is 56.9 Å². The minimum absolute atomic E-state index is 0.0628. The summed E-state index contributed by atoms with van der Waals surface area (Å²) < 4.78 is 18.0. The topological polar surface area (TPSA) is 175 Å². The summed E-state index contributed by atoms with van der Waals surface area (Å²) in [5.41, 5.74) is 6.62. The molecule has 58 heavy (non-hydrogen) atoms. The summed E-state index contributed by atoms with van der Waals surface area (Å²) >= 11 is 0. The number of carbonyl (C=O) groups excluding carboxylic acids is 4. The molecule has 0 unspecified atom stereocenters. The van der Waals surface area contributed by atoms with E-state index in [-0.39, 0.29) is 52.5 Å². The summed E-state index contributed by atoms with van der Waals surface area (Å²) in [5.74, 6) is -1.27. The number of Topliss-reactive ketones (excluding diaryl/α,β-unsaturated/α-hetero) is 1. The Kier molecular flexibility index (Phi) is 16.8. The number of benzene rings is 4. The third kappa shape index (κ3) is 13.5. The van der Waals surface area contributed by atoms with Gasteiger partial charge in [0.05, 0.1) is 35.8 Å². The van der Waals surface area contributed by atoms with Gasteiger partial charge in [0.1, 0.15) is 23.0 Å². The van der Waals surface area contributed by atoms with Gasteiger partial charge in [-0.25, -0.2) is 0 Å². The van der Waals surface area contributed by atoms with E-state index >= 15 is 0 Å². The number of nitrogens with one attached hydrogen (secondary N) is 3. The van der Waals surface area contributed by atoms with Crippen LogP contribution in [0.25, 0.3) is 0 Å². The second-order valence-corrected chi connectivity index (χ2v) is 14.9. The third-order valence-corrected chi connectivity index (χ3v) is 9.23. The van der Waals surface area contributed by atoms with E-state index in [4.69, 9.17) is 14.2 Å². The molecule has 0 fully saturated rings. The number of nitro benzene ring substituents is 1. The molecule has 0 spiro atoms. The quantitative estimate of drug-likeness (QED) is 0.0321. The van der Waals surface area contributed by atoms with Crippen LogP contribution < -0.4 is 30.4 Å². The van der Waals surface area contributed by atoms with Crippen LogP contribution in [0.2, 0.25) is 0 Å². The van der Waals surface area contributed by atoms with Crippen LogP contribution >= 0.6 is 0 Å². The predicted octanol–water partition coefficient (Wildman–Crippen LogP) is 9.29. The number of nitro groups is 1. The molecule has 0 bridgehead atoms. The molecule has 0 heterocycles. The Morgan fingerprint density at radius 2 is 1.22 bits per heavy atom. The first-order chi connectivity index (χ1) is 27.8. The molecule has 0 radical (unpaired) electrons. The Bertz CT molecular complexity index is 2020. The lowest BCUT2D eigenvalue weighted by atomic mass is 9.87. The SMILES string of the molecule is CCCCCCOc1cc(C(=O)NNC(=O)c2ccc(C(C)(C)C)cc2)c(OCCCCCC)cc1C(=O)CNC(=O)c1cccc(Oc2ccc([N+](=O)[O-])cc2)c1. The number of hydrazine groups is 1. The summed E-state index contributed by atoms with van der Waals surface area (Å²) in [7, 11) is 0. The Hall–Kier alpha value is -6.24. The van der Waals surface area contributed by atoms with Gasteiger partial charge in [0.15, 0.2) is 5.78 Å². The van der Waals surface area contributed by atoms with Gasteiger partial charge < -0.3 is 19.5 Å².